The maximum atomic E-state index is 11.9. The molecule has 0 atom stereocenters. The van der Waals surface area contributed by atoms with Gasteiger partial charge >= 0.3 is 0 Å². The minimum Gasteiger partial charge on any atom is -0.484 e. The van der Waals surface area contributed by atoms with Crippen molar-refractivity contribution in [3.8, 4) is 5.75 Å². The van der Waals surface area contributed by atoms with Crippen LogP contribution in [0.25, 0.3) is 0 Å². The molecule has 6 nitrogen and oxygen atoms in total. The lowest BCUT2D eigenvalue weighted by atomic mass is 10.1. The van der Waals surface area contributed by atoms with Crippen LogP contribution >= 0.6 is 12.4 Å². The minimum atomic E-state index is -0.209. The van der Waals surface area contributed by atoms with Crippen molar-refractivity contribution >= 4 is 29.9 Å². The molecule has 2 rings (SSSR count). The average molecular weight is 378 g/mol. The summed E-state index contributed by atoms with van der Waals surface area (Å²) in [5.41, 5.74) is 8.12. The average Bonchev–Trinajstić information content (AvgIpc) is 2.61. The molecule has 0 saturated heterocycles. The fourth-order valence-corrected chi connectivity index (χ4v) is 2.24. The Balaban J connectivity index is 0.00000338. The molecule has 140 valence electrons. The highest BCUT2D eigenvalue weighted by atomic mass is 35.5. The van der Waals surface area contributed by atoms with Crippen LogP contribution in [-0.4, -0.2) is 31.5 Å². The zero-order valence-electron chi connectivity index (χ0n) is 14.7. The van der Waals surface area contributed by atoms with Gasteiger partial charge in [0, 0.05) is 12.2 Å². The largest absolute Gasteiger partial charge is 0.484 e. The number of benzene rings is 2. The van der Waals surface area contributed by atoms with Gasteiger partial charge in [0.15, 0.2) is 6.61 Å². The van der Waals surface area contributed by atoms with Crippen molar-refractivity contribution in [1.29, 1.82) is 0 Å². The number of rotatable bonds is 8. The number of aryl methyl sites for hydroxylation is 1. The van der Waals surface area contributed by atoms with E-state index in [0.717, 1.165) is 16.8 Å². The number of hydrogen-bond acceptors (Lipinski definition) is 4. The lowest BCUT2D eigenvalue weighted by molar-refractivity contribution is -0.120. The molecule has 0 saturated carbocycles. The molecule has 2 aromatic rings. The fraction of sp³-hybridized carbons (Fsp3) is 0.263. The van der Waals surface area contributed by atoms with Crippen LogP contribution in [0.1, 0.15) is 11.1 Å². The SMILES string of the molecule is Cc1cccc(NC(=O)COc2ccc(CCNC(=O)CN)cc2)c1.Cl. The predicted molar refractivity (Wildman–Crippen MR) is 105 cm³/mol. The van der Waals surface area contributed by atoms with Gasteiger partial charge in [-0.15, -0.1) is 12.4 Å². The van der Waals surface area contributed by atoms with Crippen molar-refractivity contribution in [2.75, 3.05) is 25.0 Å². The minimum absolute atomic E-state index is 0. The van der Waals surface area contributed by atoms with Gasteiger partial charge in [0.05, 0.1) is 6.54 Å². The first kappa shape index (κ1) is 21.5. The smallest absolute Gasteiger partial charge is 0.262 e. The molecular weight excluding hydrogens is 354 g/mol. The van der Waals surface area contributed by atoms with Crippen molar-refractivity contribution in [3.63, 3.8) is 0 Å². The van der Waals surface area contributed by atoms with Crippen LogP contribution in [0.5, 0.6) is 5.75 Å². The van der Waals surface area contributed by atoms with Gasteiger partial charge in [0.1, 0.15) is 5.75 Å². The number of amides is 2. The van der Waals surface area contributed by atoms with Gasteiger partial charge in [-0.3, -0.25) is 9.59 Å². The van der Waals surface area contributed by atoms with E-state index >= 15 is 0 Å². The third-order valence-corrected chi connectivity index (χ3v) is 3.52. The highest BCUT2D eigenvalue weighted by Gasteiger charge is 2.04. The third-order valence-electron chi connectivity index (χ3n) is 3.52. The second kappa shape index (κ2) is 11.1. The molecular formula is C19H24ClN3O3. The van der Waals surface area contributed by atoms with E-state index in [9.17, 15) is 9.59 Å². The van der Waals surface area contributed by atoms with E-state index in [1.807, 2.05) is 43.3 Å². The van der Waals surface area contributed by atoms with Crippen LogP contribution in [0, 0.1) is 6.92 Å². The predicted octanol–water partition coefficient (Wildman–Crippen LogP) is 2.05. The lowest BCUT2D eigenvalue weighted by Crippen LogP contribution is -2.31. The van der Waals surface area contributed by atoms with E-state index < -0.39 is 0 Å². The number of nitrogens with two attached hydrogens (primary N) is 1. The number of carbonyl (C=O) groups excluding carboxylic acids is 2. The summed E-state index contributed by atoms with van der Waals surface area (Å²) < 4.78 is 5.49. The Morgan fingerprint density at radius 2 is 1.81 bits per heavy atom. The maximum absolute atomic E-state index is 11.9. The molecule has 7 heteroatoms. The van der Waals surface area contributed by atoms with Gasteiger partial charge in [0.2, 0.25) is 5.91 Å². The second-order valence-corrected chi connectivity index (χ2v) is 5.65. The zero-order valence-corrected chi connectivity index (χ0v) is 15.5. The molecule has 0 bridgehead atoms. The van der Waals surface area contributed by atoms with Gasteiger partial charge < -0.3 is 21.1 Å². The Bertz CT molecular complexity index is 720. The van der Waals surface area contributed by atoms with Crippen LogP contribution < -0.4 is 21.1 Å². The number of ether oxygens (including phenoxy) is 1. The second-order valence-electron chi connectivity index (χ2n) is 5.65. The normalized spacial score (nSPS) is 9.77. The van der Waals surface area contributed by atoms with Gasteiger partial charge in [0.25, 0.3) is 5.91 Å². The molecule has 0 aliphatic carbocycles. The van der Waals surface area contributed by atoms with E-state index in [2.05, 4.69) is 10.6 Å². The Labute approximate surface area is 159 Å². The van der Waals surface area contributed by atoms with Gasteiger partial charge in [-0.1, -0.05) is 24.3 Å². The summed E-state index contributed by atoms with van der Waals surface area (Å²) in [6.45, 7) is 2.45. The molecule has 4 N–H and O–H groups in total. The third kappa shape index (κ3) is 7.55. The highest BCUT2D eigenvalue weighted by Crippen LogP contribution is 2.13. The number of anilines is 1. The Hall–Kier alpha value is -2.57. The quantitative estimate of drug-likeness (QED) is 0.656. The molecule has 0 fully saturated rings. The number of nitrogens with one attached hydrogen (secondary N) is 2. The summed E-state index contributed by atoms with van der Waals surface area (Å²) in [6, 6.07) is 15.0. The van der Waals surface area contributed by atoms with E-state index in [4.69, 9.17) is 10.5 Å². The highest BCUT2D eigenvalue weighted by molar-refractivity contribution is 5.91. The van der Waals surface area contributed by atoms with E-state index in [1.165, 1.54) is 0 Å². The van der Waals surface area contributed by atoms with Gasteiger partial charge in [-0.25, -0.2) is 0 Å². The first-order chi connectivity index (χ1) is 12.1. The van der Waals surface area contributed by atoms with Crippen molar-refractivity contribution in [2.45, 2.75) is 13.3 Å². The molecule has 0 unspecified atom stereocenters. The number of carbonyl (C=O) groups is 2. The van der Waals surface area contributed by atoms with Gasteiger partial charge in [-0.2, -0.15) is 0 Å². The Kier molecular flexibility index (Phi) is 9.19. The fourth-order valence-electron chi connectivity index (χ4n) is 2.24. The summed E-state index contributed by atoms with van der Waals surface area (Å²) in [5, 5.41) is 5.51. The van der Waals surface area contributed by atoms with Crippen LogP contribution in [-0.2, 0) is 16.0 Å². The summed E-state index contributed by atoms with van der Waals surface area (Å²) in [7, 11) is 0. The van der Waals surface area contributed by atoms with Crippen molar-refractivity contribution < 1.29 is 14.3 Å². The molecule has 26 heavy (non-hydrogen) atoms. The standard InChI is InChI=1S/C19H23N3O3.ClH/c1-14-3-2-4-16(11-14)22-19(24)13-25-17-7-5-15(6-8-17)9-10-21-18(23)12-20;/h2-8,11H,9-10,12-13,20H2,1H3,(H,21,23)(H,22,24);1H. The van der Waals surface area contributed by atoms with E-state index in [-0.39, 0.29) is 37.4 Å². The van der Waals surface area contributed by atoms with Crippen molar-refractivity contribution in [3.05, 3.63) is 59.7 Å². The number of halogens is 1. The topological polar surface area (TPSA) is 93.5 Å². The summed E-state index contributed by atoms with van der Waals surface area (Å²) >= 11 is 0. The van der Waals surface area contributed by atoms with Crippen molar-refractivity contribution in [2.24, 2.45) is 5.73 Å². The molecule has 0 radical (unpaired) electrons. The van der Waals surface area contributed by atoms with E-state index in [0.29, 0.717) is 18.7 Å². The summed E-state index contributed by atoms with van der Waals surface area (Å²) in [5.74, 6) is 0.243. The van der Waals surface area contributed by atoms with Crippen LogP contribution in [0.15, 0.2) is 48.5 Å². The first-order valence-electron chi connectivity index (χ1n) is 8.12. The molecule has 2 aromatic carbocycles. The van der Waals surface area contributed by atoms with Crippen molar-refractivity contribution in [1.82, 2.24) is 5.32 Å². The Morgan fingerprint density at radius 3 is 2.46 bits per heavy atom. The molecule has 0 aliphatic rings. The molecule has 0 spiro atoms. The van der Waals surface area contributed by atoms with Crippen LogP contribution in [0.3, 0.4) is 0 Å². The number of hydrogen-bond donors (Lipinski definition) is 3. The molecule has 2 amide bonds. The molecule has 0 aliphatic heterocycles. The first-order valence-corrected chi connectivity index (χ1v) is 8.12. The molecule has 0 aromatic heterocycles. The lowest BCUT2D eigenvalue weighted by Gasteiger charge is -2.09. The van der Waals surface area contributed by atoms with Crippen LogP contribution in [0.4, 0.5) is 5.69 Å². The Morgan fingerprint density at radius 1 is 1.08 bits per heavy atom. The summed E-state index contributed by atoms with van der Waals surface area (Å²) in [4.78, 5) is 23.0. The van der Waals surface area contributed by atoms with E-state index in [1.54, 1.807) is 12.1 Å². The monoisotopic (exact) mass is 377 g/mol. The van der Waals surface area contributed by atoms with Gasteiger partial charge in [-0.05, 0) is 48.7 Å². The zero-order chi connectivity index (χ0) is 18.1. The summed E-state index contributed by atoms with van der Waals surface area (Å²) in [6.07, 6.45) is 0.708. The maximum Gasteiger partial charge on any atom is 0.262 e. The van der Waals surface area contributed by atoms with Crippen LogP contribution in [0.2, 0.25) is 0 Å². The molecule has 0 heterocycles.